The molecular weight excluding hydrogens is 805 g/mol. The van der Waals surface area contributed by atoms with Crippen LogP contribution >= 0.6 is 0 Å². The number of nitrogens with zero attached hydrogens (tertiary/aromatic N) is 6. The van der Waals surface area contributed by atoms with Gasteiger partial charge in [0.25, 0.3) is 0 Å². The normalized spacial score (nSPS) is 11.5. The zero-order chi connectivity index (χ0) is 44.3. The third-order valence-electron chi connectivity index (χ3n) is 12.7. The van der Waals surface area contributed by atoms with Crippen molar-refractivity contribution < 1.29 is 0 Å². The molecule has 0 N–H and O–H groups in total. The van der Waals surface area contributed by atoms with Crippen LogP contribution in [0.1, 0.15) is 11.1 Å². The average Bonchev–Trinajstić information content (AvgIpc) is 3.88. The number of rotatable bonds is 7. The summed E-state index contributed by atoms with van der Waals surface area (Å²) in [5, 5.41) is 4.78. The van der Waals surface area contributed by atoms with E-state index in [1.54, 1.807) is 0 Å². The topological polar surface area (TPSA) is 52.9 Å². The van der Waals surface area contributed by atoms with Crippen LogP contribution in [0, 0.1) is 20.4 Å². The third kappa shape index (κ3) is 6.53. The summed E-state index contributed by atoms with van der Waals surface area (Å²) in [5.74, 6) is 1.80. The van der Waals surface area contributed by atoms with Gasteiger partial charge in [-0.1, -0.05) is 157 Å². The monoisotopic (exact) mass is 844 g/mol. The quantitative estimate of drug-likeness (QED) is 0.150. The van der Waals surface area contributed by atoms with Crippen LogP contribution in [0.3, 0.4) is 0 Å². The number of aromatic nitrogens is 5. The van der Waals surface area contributed by atoms with E-state index in [0.717, 1.165) is 72.4 Å². The van der Waals surface area contributed by atoms with Gasteiger partial charge >= 0.3 is 0 Å². The number of benzene rings is 9. The van der Waals surface area contributed by atoms with Crippen LogP contribution in [0.15, 0.2) is 206 Å². The van der Waals surface area contributed by atoms with E-state index in [1.165, 1.54) is 32.7 Å². The maximum Gasteiger partial charge on any atom is 0.187 e. The van der Waals surface area contributed by atoms with E-state index in [2.05, 4.69) is 149 Å². The van der Waals surface area contributed by atoms with E-state index in [9.17, 15) is 0 Å². The molecule has 0 bridgehead atoms. The molecule has 0 fully saturated rings. The lowest BCUT2D eigenvalue weighted by Crippen LogP contribution is -2.04. The Morgan fingerprint density at radius 1 is 0.348 bits per heavy atom. The largest absolute Gasteiger partial charge is 0.309 e. The molecule has 0 aliphatic heterocycles. The molecule has 6 heteroatoms. The van der Waals surface area contributed by atoms with Gasteiger partial charge in [-0.25, -0.2) is 19.8 Å². The molecule has 3 aromatic heterocycles. The summed E-state index contributed by atoms with van der Waals surface area (Å²) in [4.78, 5) is 19.1. The molecule has 6 nitrogen and oxygen atoms in total. The van der Waals surface area contributed by atoms with Crippen LogP contribution in [0.25, 0.3) is 116 Å². The highest BCUT2D eigenvalue weighted by Gasteiger charge is 2.23. The first-order valence-corrected chi connectivity index (χ1v) is 22.1. The van der Waals surface area contributed by atoms with Crippen molar-refractivity contribution in [1.82, 2.24) is 24.1 Å². The molecular formula is C60H40N6. The first-order chi connectivity index (χ1) is 32.5. The molecule has 9 aromatic carbocycles. The van der Waals surface area contributed by atoms with Crippen molar-refractivity contribution in [3.8, 4) is 67.8 Å². The van der Waals surface area contributed by atoms with Crippen LogP contribution in [0.4, 0.5) is 5.69 Å². The average molecular weight is 845 g/mol. The second-order valence-electron chi connectivity index (χ2n) is 16.9. The Kier molecular flexibility index (Phi) is 9.22. The van der Waals surface area contributed by atoms with E-state index < -0.39 is 0 Å². The first kappa shape index (κ1) is 38.7. The highest BCUT2D eigenvalue weighted by molar-refractivity contribution is 6.12. The molecule has 0 radical (unpaired) electrons. The Balaban J connectivity index is 1.20. The fourth-order valence-corrected chi connectivity index (χ4v) is 9.57. The number of para-hydroxylation sites is 2. The summed E-state index contributed by atoms with van der Waals surface area (Å²) >= 11 is 0. The summed E-state index contributed by atoms with van der Waals surface area (Å²) in [6.07, 6.45) is 0. The van der Waals surface area contributed by atoms with Crippen molar-refractivity contribution in [2.75, 3.05) is 0 Å². The lowest BCUT2D eigenvalue weighted by Gasteiger charge is -2.21. The second-order valence-corrected chi connectivity index (χ2v) is 16.9. The van der Waals surface area contributed by atoms with Crippen molar-refractivity contribution in [2.45, 2.75) is 13.8 Å². The molecule has 310 valence electrons. The first-order valence-electron chi connectivity index (χ1n) is 22.1. The van der Waals surface area contributed by atoms with E-state index >= 15 is 0 Å². The van der Waals surface area contributed by atoms with Gasteiger partial charge in [-0.05, 0) is 85.6 Å². The number of hydrogen-bond acceptors (Lipinski definition) is 3. The molecule has 66 heavy (non-hydrogen) atoms. The van der Waals surface area contributed by atoms with Gasteiger partial charge in [0, 0.05) is 49.4 Å². The van der Waals surface area contributed by atoms with Gasteiger partial charge in [0.2, 0.25) is 0 Å². The molecule has 0 saturated heterocycles. The van der Waals surface area contributed by atoms with Crippen molar-refractivity contribution >= 4 is 49.3 Å². The Hall–Kier alpha value is -8.92. The van der Waals surface area contributed by atoms with Crippen molar-refractivity contribution in [3.05, 3.63) is 229 Å². The number of fused-ring (bicyclic) bond motifs is 6. The molecule has 3 heterocycles. The zero-order valence-electron chi connectivity index (χ0n) is 36.3. The van der Waals surface area contributed by atoms with Crippen molar-refractivity contribution in [2.24, 2.45) is 0 Å². The highest BCUT2D eigenvalue weighted by atomic mass is 15.0. The molecule has 0 saturated carbocycles. The molecule has 0 amide bonds. The van der Waals surface area contributed by atoms with Crippen LogP contribution in [0.5, 0.6) is 0 Å². The molecule has 12 rings (SSSR count). The second kappa shape index (κ2) is 15.7. The SMILES string of the molecule is [C-]#[N+]c1ccc(-c2ccc(-c3cc(-c4nc(-c5ccccc5)nc(-c5ccccc5)n4)ccc3-n3c4ccccc4c4cc(C)ccc43)c(-n3c4ccccc4c4cc(C)ccc43)c2)cc1. The molecule has 0 aliphatic rings. The predicted octanol–water partition coefficient (Wildman–Crippen LogP) is 15.6. The van der Waals surface area contributed by atoms with Gasteiger partial charge in [0.05, 0.1) is 40.0 Å². The molecule has 0 unspecified atom stereocenters. The number of hydrogen-bond donors (Lipinski definition) is 0. The van der Waals surface area contributed by atoms with Crippen LogP contribution < -0.4 is 0 Å². The molecule has 12 aromatic rings. The van der Waals surface area contributed by atoms with Crippen LogP contribution in [-0.4, -0.2) is 24.1 Å². The Morgan fingerprint density at radius 3 is 1.38 bits per heavy atom. The molecule has 0 aliphatic carbocycles. The fraction of sp³-hybridized carbons (Fsp3) is 0.0333. The minimum absolute atomic E-state index is 0.582. The minimum atomic E-state index is 0.582. The van der Waals surface area contributed by atoms with Crippen molar-refractivity contribution in [3.63, 3.8) is 0 Å². The summed E-state index contributed by atoms with van der Waals surface area (Å²) in [5.41, 5.74) is 16.4. The summed E-state index contributed by atoms with van der Waals surface area (Å²) in [6.45, 7) is 11.9. The van der Waals surface area contributed by atoms with E-state index in [0.29, 0.717) is 23.2 Å². The molecule has 0 spiro atoms. The van der Waals surface area contributed by atoms with Gasteiger partial charge in [0.1, 0.15) is 0 Å². The molecule has 0 atom stereocenters. The van der Waals surface area contributed by atoms with Crippen LogP contribution in [-0.2, 0) is 0 Å². The van der Waals surface area contributed by atoms with Gasteiger partial charge in [-0.15, -0.1) is 0 Å². The van der Waals surface area contributed by atoms with Crippen LogP contribution in [0.2, 0.25) is 0 Å². The maximum atomic E-state index is 7.63. The van der Waals surface area contributed by atoms with Gasteiger partial charge in [-0.2, -0.15) is 0 Å². The third-order valence-corrected chi connectivity index (χ3v) is 12.7. The Bertz CT molecular complexity index is 3840. The summed E-state index contributed by atoms with van der Waals surface area (Å²) in [7, 11) is 0. The van der Waals surface area contributed by atoms with Gasteiger partial charge in [0.15, 0.2) is 23.2 Å². The summed E-state index contributed by atoms with van der Waals surface area (Å²) < 4.78 is 4.84. The Labute approximate surface area is 382 Å². The Morgan fingerprint density at radius 2 is 0.818 bits per heavy atom. The predicted molar refractivity (Wildman–Crippen MR) is 271 cm³/mol. The summed E-state index contributed by atoms with van der Waals surface area (Å²) in [6, 6.07) is 72.5. The maximum absolute atomic E-state index is 7.63. The van der Waals surface area contributed by atoms with Gasteiger partial charge in [-0.3, -0.25) is 0 Å². The lowest BCUT2D eigenvalue weighted by atomic mass is 9.95. The van der Waals surface area contributed by atoms with E-state index in [4.69, 9.17) is 21.5 Å². The zero-order valence-corrected chi connectivity index (χ0v) is 36.3. The van der Waals surface area contributed by atoms with Gasteiger partial charge < -0.3 is 9.13 Å². The smallest absolute Gasteiger partial charge is 0.187 e. The standard InChI is InChI=1S/C60H40N6/c1-38-22-31-54-49(34-38)46-18-10-12-20-52(46)65(54)56-33-27-44(60-63-58(41-14-6-4-7-15-41)62-59(64-60)42-16-8-5-9-17-42)36-51(56)48-30-26-43(40-24-28-45(61-3)29-25-40)37-57(48)66-53-21-13-11-19-47(53)50-35-39(2)23-32-55(50)66/h4-37H,1-2H3. The lowest BCUT2D eigenvalue weighted by molar-refractivity contribution is 1.07. The van der Waals surface area contributed by atoms with E-state index in [1.807, 2.05) is 84.9 Å². The highest BCUT2D eigenvalue weighted by Crippen LogP contribution is 2.44. The van der Waals surface area contributed by atoms with Crippen molar-refractivity contribution in [1.29, 1.82) is 0 Å². The number of aryl methyl sites for hydroxylation is 2. The fourth-order valence-electron chi connectivity index (χ4n) is 9.57. The minimum Gasteiger partial charge on any atom is -0.309 e. The van der Waals surface area contributed by atoms with E-state index in [-0.39, 0.29) is 0 Å².